The summed E-state index contributed by atoms with van der Waals surface area (Å²) in [5, 5.41) is 19.8. The maximum absolute atomic E-state index is 11.5. The molecule has 5 nitrogen and oxygen atoms in total. The number of carbonyl (C=O) groups is 1. The molecule has 0 bridgehead atoms. The number of hydrogen-bond donors (Lipinski definition) is 2. The normalized spacial score (nSPS) is 31.0. The maximum atomic E-state index is 11.5. The average Bonchev–Trinajstić information content (AvgIpc) is 3.10. The van der Waals surface area contributed by atoms with Crippen molar-refractivity contribution < 1.29 is 9.90 Å². The Balaban J connectivity index is 1.69. The number of H-pyrrole nitrogens is 1. The van der Waals surface area contributed by atoms with Gasteiger partial charge in [-0.05, 0) is 36.8 Å². The molecule has 0 spiro atoms. The van der Waals surface area contributed by atoms with Gasteiger partial charge in [0.25, 0.3) is 0 Å². The van der Waals surface area contributed by atoms with E-state index in [2.05, 4.69) is 10.2 Å². The Bertz CT molecular complexity index is 743. The third-order valence-corrected chi connectivity index (χ3v) is 5.45. The van der Waals surface area contributed by atoms with Gasteiger partial charge in [0, 0.05) is 36.0 Å². The summed E-state index contributed by atoms with van der Waals surface area (Å²) in [7, 11) is 0. The molecule has 2 fully saturated rings. The van der Waals surface area contributed by atoms with Crippen molar-refractivity contribution in [1.29, 1.82) is 0 Å². The van der Waals surface area contributed by atoms with Gasteiger partial charge in [-0.2, -0.15) is 5.10 Å². The third-order valence-electron chi connectivity index (χ3n) is 5.24. The smallest absolute Gasteiger partial charge is 0.219 e. The van der Waals surface area contributed by atoms with Gasteiger partial charge < -0.3 is 10.0 Å². The summed E-state index contributed by atoms with van der Waals surface area (Å²) in [4.78, 5) is 13.4. The van der Waals surface area contributed by atoms with Crippen LogP contribution < -0.4 is 0 Å². The van der Waals surface area contributed by atoms with E-state index in [1.807, 2.05) is 17.0 Å². The van der Waals surface area contributed by atoms with Gasteiger partial charge in [0.05, 0.1) is 17.3 Å². The topological polar surface area (TPSA) is 69.2 Å². The number of hydrogen-bond acceptors (Lipinski definition) is 3. The highest BCUT2D eigenvalue weighted by Gasteiger charge is 2.50. The molecule has 22 heavy (non-hydrogen) atoms. The van der Waals surface area contributed by atoms with E-state index in [4.69, 9.17) is 11.6 Å². The quantitative estimate of drug-likeness (QED) is 0.847. The molecular formula is C16H18ClN3O2. The average molecular weight is 320 g/mol. The van der Waals surface area contributed by atoms with E-state index in [1.165, 1.54) is 0 Å². The fourth-order valence-corrected chi connectivity index (χ4v) is 4.44. The van der Waals surface area contributed by atoms with Crippen molar-refractivity contribution in [3.63, 3.8) is 0 Å². The number of nitrogens with one attached hydrogen (secondary N) is 1. The van der Waals surface area contributed by atoms with Crippen LogP contribution in [0.5, 0.6) is 0 Å². The second kappa shape index (κ2) is 4.70. The van der Waals surface area contributed by atoms with Crippen LogP contribution in [0.3, 0.4) is 0 Å². The molecule has 2 N–H and O–H groups in total. The van der Waals surface area contributed by atoms with Crippen molar-refractivity contribution >= 4 is 28.4 Å². The highest BCUT2D eigenvalue weighted by molar-refractivity contribution is 6.31. The van der Waals surface area contributed by atoms with Gasteiger partial charge in [-0.25, -0.2) is 0 Å². The first-order chi connectivity index (χ1) is 10.5. The number of aliphatic hydroxyl groups is 1. The number of halogens is 1. The number of fused-ring (bicyclic) bond motifs is 2. The van der Waals surface area contributed by atoms with E-state index < -0.39 is 5.60 Å². The molecular weight excluding hydrogens is 302 g/mol. The van der Waals surface area contributed by atoms with Crippen molar-refractivity contribution in [3.05, 3.63) is 28.9 Å². The molecule has 1 aromatic heterocycles. The molecule has 1 aromatic carbocycles. The monoisotopic (exact) mass is 319 g/mol. The van der Waals surface area contributed by atoms with Gasteiger partial charge in [0.2, 0.25) is 5.91 Å². The molecule has 3 atom stereocenters. The summed E-state index contributed by atoms with van der Waals surface area (Å²) in [5.74, 6) is 0.827. The summed E-state index contributed by atoms with van der Waals surface area (Å²) in [5.41, 5.74) is 0.792. The molecule has 1 saturated carbocycles. The Kier molecular flexibility index (Phi) is 3.00. The zero-order valence-electron chi connectivity index (χ0n) is 12.3. The van der Waals surface area contributed by atoms with E-state index >= 15 is 0 Å². The van der Waals surface area contributed by atoms with E-state index in [9.17, 15) is 9.90 Å². The summed E-state index contributed by atoms with van der Waals surface area (Å²) >= 11 is 6.20. The van der Waals surface area contributed by atoms with Gasteiger partial charge >= 0.3 is 0 Å². The molecule has 1 aliphatic carbocycles. The lowest BCUT2D eigenvalue weighted by atomic mass is 9.89. The highest BCUT2D eigenvalue weighted by Crippen LogP contribution is 2.50. The molecule has 6 heteroatoms. The lowest BCUT2D eigenvalue weighted by Gasteiger charge is -2.27. The number of amides is 1. The Hall–Kier alpha value is -1.59. The SMILES string of the molecule is CC(=O)N1C[C@@H]2C[C@@](O)(c3cc(Cl)cc4cn[nH]c34)C[C@@H]2C1. The molecule has 2 aromatic rings. The number of carbonyl (C=O) groups excluding carboxylic acids is 1. The lowest BCUT2D eigenvalue weighted by Crippen LogP contribution is -2.31. The predicted molar refractivity (Wildman–Crippen MR) is 83.5 cm³/mol. The summed E-state index contributed by atoms with van der Waals surface area (Å²) in [6.07, 6.45) is 3.05. The van der Waals surface area contributed by atoms with E-state index in [-0.39, 0.29) is 5.91 Å². The number of rotatable bonds is 1. The fraction of sp³-hybridized carbons (Fsp3) is 0.500. The van der Waals surface area contributed by atoms with Crippen LogP contribution in [0.1, 0.15) is 25.3 Å². The molecule has 0 unspecified atom stereocenters. The number of nitrogens with zero attached hydrogens (tertiary/aromatic N) is 2. The lowest BCUT2D eigenvalue weighted by molar-refractivity contribution is -0.128. The van der Waals surface area contributed by atoms with Crippen LogP contribution in [0.4, 0.5) is 0 Å². The minimum absolute atomic E-state index is 0.122. The van der Waals surface area contributed by atoms with E-state index in [1.54, 1.807) is 13.1 Å². The zero-order valence-corrected chi connectivity index (χ0v) is 13.1. The minimum atomic E-state index is -0.895. The van der Waals surface area contributed by atoms with Gasteiger partial charge in [0.1, 0.15) is 0 Å². The Morgan fingerprint density at radius 1 is 1.41 bits per heavy atom. The molecule has 1 saturated heterocycles. The van der Waals surface area contributed by atoms with Crippen molar-refractivity contribution in [2.24, 2.45) is 11.8 Å². The van der Waals surface area contributed by atoms with Crippen molar-refractivity contribution in [1.82, 2.24) is 15.1 Å². The molecule has 4 rings (SSSR count). The number of aromatic amines is 1. The highest BCUT2D eigenvalue weighted by atomic mass is 35.5. The number of aromatic nitrogens is 2. The van der Waals surface area contributed by atoms with E-state index in [0.29, 0.717) is 29.7 Å². The minimum Gasteiger partial charge on any atom is -0.385 e. The van der Waals surface area contributed by atoms with Crippen LogP contribution in [-0.4, -0.2) is 39.2 Å². The molecule has 116 valence electrons. The van der Waals surface area contributed by atoms with Gasteiger partial charge in [-0.3, -0.25) is 9.89 Å². The number of likely N-dealkylation sites (tertiary alicyclic amines) is 1. The van der Waals surface area contributed by atoms with E-state index in [0.717, 1.165) is 29.6 Å². The summed E-state index contributed by atoms with van der Waals surface area (Å²) in [6.45, 7) is 3.10. The van der Waals surface area contributed by atoms with Gasteiger partial charge in [-0.1, -0.05) is 11.6 Å². The molecule has 0 radical (unpaired) electrons. The van der Waals surface area contributed by atoms with Crippen LogP contribution in [-0.2, 0) is 10.4 Å². The van der Waals surface area contributed by atoms with Gasteiger partial charge in [-0.15, -0.1) is 0 Å². The largest absolute Gasteiger partial charge is 0.385 e. The summed E-state index contributed by atoms with van der Waals surface area (Å²) < 4.78 is 0. The van der Waals surface area contributed by atoms with Crippen molar-refractivity contribution in [2.45, 2.75) is 25.4 Å². The Morgan fingerprint density at radius 2 is 2.09 bits per heavy atom. The maximum Gasteiger partial charge on any atom is 0.219 e. The van der Waals surface area contributed by atoms with Crippen LogP contribution >= 0.6 is 11.6 Å². The number of benzene rings is 1. The standard InChI is InChI=1S/C16H18ClN3O2/c1-9(21)20-7-11-4-16(22,5-12(11)8-20)14-3-13(17)2-10-6-18-19-15(10)14/h2-3,6,11-12,22H,4-5,7-8H2,1H3,(H,18,19)/t11-,12+,16-. The molecule has 2 heterocycles. The first kappa shape index (κ1) is 14.0. The summed E-state index contributed by atoms with van der Waals surface area (Å²) in [6, 6.07) is 3.69. The van der Waals surface area contributed by atoms with Crippen LogP contribution in [0, 0.1) is 11.8 Å². The Morgan fingerprint density at radius 3 is 2.73 bits per heavy atom. The van der Waals surface area contributed by atoms with Crippen molar-refractivity contribution in [2.75, 3.05) is 13.1 Å². The third kappa shape index (κ3) is 2.03. The Labute approximate surface area is 133 Å². The first-order valence-electron chi connectivity index (χ1n) is 7.57. The predicted octanol–water partition coefficient (Wildman–Crippen LogP) is 2.29. The van der Waals surface area contributed by atoms with Crippen molar-refractivity contribution in [3.8, 4) is 0 Å². The fourth-order valence-electron chi connectivity index (χ4n) is 4.22. The molecule has 1 amide bonds. The van der Waals surface area contributed by atoms with Crippen LogP contribution in [0.15, 0.2) is 18.3 Å². The molecule has 2 aliphatic rings. The zero-order chi connectivity index (χ0) is 15.5. The second-order valence-corrected chi connectivity index (χ2v) is 7.11. The second-order valence-electron chi connectivity index (χ2n) is 6.67. The van der Waals surface area contributed by atoms with Crippen LogP contribution in [0.2, 0.25) is 5.02 Å². The first-order valence-corrected chi connectivity index (χ1v) is 7.95. The van der Waals surface area contributed by atoms with Crippen LogP contribution in [0.25, 0.3) is 10.9 Å². The van der Waals surface area contributed by atoms with Gasteiger partial charge in [0.15, 0.2) is 0 Å². The molecule has 1 aliphatic heterocycles.